The minimum absolute atomic E-state index is 0.0529. The molecule has 1 aliphatic rings. The van der Waals surface area contributed by atoms with Gasteiger partial charge in [0.15, 0.2) is 0 Å². The van der Waals surface area contributed by atoms with Crippen LogP contribution < -0.4 is 10.6 Å². The molecule has 0 spiro atoms. The number of nitro benzene ring substituents is 1. The molecule has 102 valence electrons. The fraction of sp³-hybridized carbons (Fsp3) is 0.462. The van der Waals surface area contributed by atoms with Crippen LogP contribution in [0.3, 0.4) is 0 Å². The summed E-state index contributed by atoms with van der Waals surface area (Å²) in [6.07, 6.45) is 2.41. The van der Waals surface area contributed by atoms with Crippen molar-refractivity contribution < 1.29 is 9.72 Å². The topological polar surface area (TPSA) is 84.3 Å². The van der Waals surface area contributed by atoms with Crippen LogP contribution in [0.15, 0.2) is 18.2 Å². The third-order valence-corrected chi connectivity index (χ3v) is 3.13. The average Bonchev–Trinajstić information content (AvgIpc) is 3.17. The molecule has 0 aliphatic heterocycles. The van der Waals surface area contributed by atoms with E-state index in [1.165, 1.54) is 18.9 Å². The molecule has 1 aliphatic carbocycles. The number of carbonyl (C=O) groups is 1. The van der Waals surface area contributed by atoms with Crippen LogP contribution in [0.1, 0.15) is 18.4 Å². The maximum absolute atomic E-state index is 11.5. The Morgan fingerprint density at radius 1 is 1.47 bits per heavy atom. The van der Waals surface area contributed by atoms with Crippen molar-refractivity contribution in [3.8, 4) is 0 Å². The van der Waals surface area contributed by atoms with Crippen LogP contribution in [0, 0.1) is 23.0 Å². The average molecular weight is 263 g/mol. The Labute approximate surface area is 111 Å². The molecule has 0 radical (unpaired) electrons. The zero-order valence-electron chi connectivity index (χ0n) is 10.8. The van der Waals surface area contributed by atoms with E-state index in [-0.39, 0.29) is 18.1 Å². The number of nitrogens with one attached hydrogen (secondary N) is 2. The van der Waals surface area contributed by atoms with Crippen LogP contribution in [0.5, 0.6) is 0 Å². The number of benzene rings is 1. The molecule has 0 heterocycles. The lowest BCUT2D eigenvalue weighted by atomic mass is 10.2. The Balaban J connectivity index is 1.83. The van der Waals surface area contributed by atoms with E-state index in [0.717, 1.165) is 6.54 Å². The molecule has 6 nitrogen and oxygen atoms in total. The third-order valence-electron chi connectivity index (χ3n) is 3.13. The quantitative estimate of drug-likeness (QED) is 0.606. The Kier molecular flexibility index (Phi) is 3.99. The number of nitro groups is 1. The number of nitrogens with zero attached hydrogens (tertiary/aromatic N) is 1. The van der Waals surface area contributed by atoms with Gasteiger partial charge in [-0.3, -0.25) is 14.9 Å². The summed E-state index contributed by atoms with van der Waals surface area (Å²) in [5, 5.41) is 16.5. The predicted molar refractivity (Wildman–Crippen MR) is 72.1 cm³/mol. The van der Waals surface area contributed by atoms with Crippen LogP contribution >= 0.6 is 0 Å². The van der Waals surface area contributed by atoms with Crippen LogP contribution in [-0.4, -0.2) is 23.9 Å². The van der Waals surface area contributed by atoms with Crippen molar-refractivity contribution in [1.29, 1.82) is 0 Å². The van der Waals surface area contributed by atoms with E-state index in [9.17, 15) is 14.9 Å². The highest BCUT2D eigenvalue weighted by atomic mass is 16.6. The molecule has 0 atom stereocenters. The summed E-state index contributed by atoms with van der Waals surface area (Å²) >= 11 is 0. The second-order valence-electron chi connectivity index (χ2n) is 4.86. The Morgan fingerprint density at radius 2 is 2.21 bits per heavy atom. The second-order valence-corrected chi connectivity index (χ2v) is 4.86. The lowest BCUT2D eigenvalue weighted by Gasteiger charge is -2.08. The van der Waals surface area contributed by atoms with Crippen molar-refractivity contribution >= 4 is 17.3 Å². The summed E-state index contributed by atoms with van der Waals surface area (Å²) in [5.74, 6) is 0.605. The van der Waals surface area contributed by atoms with Gasteiger partial charge in [0.2, 0.25) is 5.91 Å². The first-order chi connectivity index (χ1) is 9.06. The molecule has 6 heteroatoms. The number of anilines is 1. The summed E-state index contributed by atoms with van der Waals surface area (Å²) in [4.78, 5) is 21.8. The van der Waals surface area contributed by atoms with Crippen molar-refractivity contribution in [2.75, 3.05) is 18.4 Å². The lowest BCUT2D eigenvalue weighted by molar-refractivity contribution is -0.385. The molecule has 0 saturated heterocycles. The van der Waals surface area contributed by atoms with E-state index >= 15 is 0 Å². The first-order valence-electron chi connectivity index (χ1n) is 6.32. The van der Waals surface area contributed by atoms with E-state index in [1.807, 2.05) is 0 Å². The van der Waals surface area contributed by atoms with Crippen LogP contribution in [0.4, 0.5) is 11.4 Å². The van der Waals surface area contributed by atoms with E-state index in [4.69, 9.17) is 0 Å². The van der Waals surface area contributed by atoms with Crippen molar-refractivity contribution in [2.45, 2.75) is 19.8 Å². The minimum atomic E-state index is -0.415. The van der Waals surface area contributed by atoms with Gasteiger partial charge in [0.25, 0.3) is 5.69 Å². The molecule has 0 unspecified atom stereocenters. The largest absolute Gasteiger partial charge is 0.376 e. The fourth-order valence-corrected chi connectivity index (χ4v) is 1.80. The minimum Gasteiger partial charge on any atom is -0.376 e. The molecule has 0 aromatic heterocycles. The number of carbonyl (C=O) groups excluding carboxylic acids is 1. The highest BCUT2D eigenvalue weighted by molar-refractivity contribution is 5.80. The summed E-state index contributed by atoms with van der Waals surface area (Å²) < 4.78 is 0. The molecule has 2 N–H and O–H groups in total. The molecule has 0 bridgehead atoms. The highest BCUT2D eigenvalue weighted by Gasteiger charge is 2.21. The van der Waals surface area contributed by atoms with Crippen molar-refractivity contribution in [3.05, 3.63) is 33.9 Å². The highest BCUT2D eigenvalue weighted by Crippen LogP contribution is 2.27. The SMILES string of the molecule is Cc1cc(NCC(=O)NCC2CC2)ccc1[N+](=O)[O-]. The molecular formula is C13H17N3O3. The van der Waals surface area contributed by atoms with Crippen molar-refractivity contribution in [1.82, 2.24) is 5.32 Å². The van der Waals surface area contributed by atoms with Crippen molar-refractivity contribution in [3.63, 3.8) is 0 Å². The number of aryl methyl sites for hydroxylation is 1. The lowest BCUT2D eigenvalue weighted by Crippen LogP contribution is -2.31. The van der Waals surface area contributed by atoms with Gasteiger partial charge in [-0.2, -0.15) is 0 Å². The molecular weight excluding hydrogens is 246 g/mol. The molecule has 1 fully saturated rings. The number of hydrogen-bond acceptors (Lipinski definition) is 4. The normalized spacial score (nSPS) is 13.9. The summed E-state index contributed by atoms with van der Waals surface area (Å²) in [5.41, 5.74) is 1.38. The van der Waals surface area contributed by atoms with Gasteiger partial charge in [-0.25, -0.2) is 0 Å². The zero-order valence-corrected chi connectivity index (χ0v) is 10.8. The summed E-state index contributed by atoms with van der Waals surface area (Å²) in [7, 11) is 0. The smallest absolute Gasteiger partial charge is 0.272 e. The van der Waals surface area contributed by atoms with Gasteiger partial charge in [-0.15, -0.1) is 0 Å². The van der Waals surface area contributed by atoms with Gasteiger partial charge in [-0.05, 0) is 37.8 Å². The molecule has 1 saturated carbocycles. The Hall–Kier alpha value is -2.11. The Morgan fingerprint density at radius 3 is 2.79 bits per heavy atom. The maximum Gasteiger partial charge on any atom is 0.272 e. The van der Waals surface area contributed by atoms with Gasteiger partial charge >= 0.3 is 0 Å². The first kappa shape index (κ1) is 13.3. The number of amides is 1. The van der Waals surface area contributed by atoms with Crippen LogP contribution in [0.2, 0.25) is 0 Å². The van der Waals surface area contributed by atoms with E-state index < -0.39 is 4.92 Å². The van der Waals surface area contributed by atoms with Gasteiger partial charge in [0.1, 0.15) is 0 Å². The van der Waals surface area contributed by atoms with E-state index in [2.05, 4.69) is 10.6 Å². The van der Waals surface area contributed by atoms with Crippen LogP contribution in [0.25, 0.3) is 0 Å². The molecule has 19 heavy (non-hydrogen) atoms. The molecule has 2 rings (SSSR count). The molecule has 1 aromatic rings. The molecule has 1 amide bonds. The second kappa shape index (κ2) is 5.69. The Bertz CT molecular complexity index is 498. The fourth-order valence-electron chi connectivity index (χ4n) is 1.80. The van der Waals surface area contributed by atoms with Gasteiger partial charge < -0.3 is 10.6 Å². The maximum atomic E-state index is 11.5. The standard InChI is InChI=1S/C13H17N3O3/c1-9-6-11(4-5-12(9)16(18)19)14-8-13(17)15-7-10-2-3-10/h4-6,10,14H,2-3,7-8H2,1H3,(H,15,17). The summed E-state index contributed by atoms with van der Waals surface area (Å²) in [6.45, 7) is 2.61. The third kappa shape index (κ3) is 3.94. The zero-order chi connectivity index (χ0) is 13.8. The van der Waals surface area contributed by atoms with E-state index in [1.54, 1.807) is 19.1 Å². The first-order valence-corrected chi connectivity index (χ1v) is 6.32. The molecule has 1 aromatic carbocycles. The number of hydrogen-bond donors (Lipinski definition) is 2. The number of rotatable bonds is 6. The monoisotopic (exact) mass is 263 g/mol. The van der Waals surface area contributed by atoms with Gasteiger partial charge in [0, 0.05) is 23.9 Å². The van der Waals surface area contributed by atoms with Crippen LogP contribution in [-0.2, 0) is 4.79 Å². The van der Waals surface area contributed by atoms with Crippen molar-refractivity contribution in [2.24, 2.45) is 5.92 Å². The van der Waals surface area contributed by atoms with Gasteiger partial charge in [-0.1, -0.05) is 0 Å². The van der Waals surface area contributed by atoms with E-state index in [0.29, 0.717) is 17.2 Å². The van der Waals surface area contributed by atoms with Gasteiger partial charge in [0.05, 0.1) is 11.5 Å². The predicted octanol–water partition coefficient (Wildman–Crippen LogP) is 1.84. The summed E-state index contributed by atoms with van der Waals surface area (Å²) in [6, 6.07) is 4.73.